The van der Waals surface area contributed by atoms with Gasteiger partial charge in [-0.25, -0.2) is 8.42 Å². The maximum absolute atomic E-state index is 13.9. The van der Waals surface area contributed by atoms with E-state index in [-0.39, 0.29) is 23.6 Å². The molecule has 172 valence electrons. The van der Waals surface area contributed by atoms with Crippen LogP contribution in [0.25, 0.3) is 0 Å². The summed E-state index contributed by atoms with van der Waals surface area (Å²) < 4.78 is 67.1. The molecule has 2 aromatic rings. The van der Waals surface area contributed by atoms with E-state index in [1.165, 1.54) is 0 Å². The molecule has 0 bridgehead atoms. The van der Waals surface area contributed by atoms with Gasteiger partial charge >= 0.3 is 6.18 Å². The molecule has 6 nitrogen and oxygen atoms in total. The van der Waals surface area contributed by atoms with Crippen LogP contribution in [0, 0.1) is 11.3 Å². The molecule has 2 atom stereocenters. The van der Waals surface area contributed by atoms with Crippen LogP contribution in [0.3, 0.4) is 0 Å². The Bertz CT molecular complexity index is 1050. The number of phenolic OH excluding ortho intramolecular Hbond substituents is 1. The molecule has 0 aliphatic heterocycles. The summed E-state index contributed by atoms with van der Waals surface area (Å²) in [5.41, 5.74) is -0.418. The fraction of sp³-hybridized carbons (Fsp3) is 0.409. The van der Waals surface area contributed by atoms with Gasteiger partial charge in [-0.1, -0.05) is 42.5 Å². The molecule has 3 N–H and O–H groups in total. The van der Waals surface area contributed by atoms with Gasteiger partial charge in [0.05, 0.1) is 17.6 Å². The van der Waals surface area contributed by atoms with Crippen molar-refractivity contribution >= 4 is 9.84 Å². The van der Waals surface area contributed by atoms with Gasteiger partial charge in [0.1, 0.15) is 17.3 Å². The molecule has 0 saturated heterocycles. The van der Waals surface area contributed by atoms with Crippen molar-refractivity contribution in [2.24, 2.45) is 0 Å². The zero-order valence-corrected chi connectivity index (χ0v) is 18.0. The molecule has 1 saturated carbocycles. The van der Waals surface area contributed by atoms with Crippen molar-refractivity contribution < 1.29 is 26.7 Å². The van der Waals surface area contributed by atoms with Gasteiger partial charge in [0.15, 0.2) is 9.84 Å². The van der Waals surface area contributed by atoms with Gasteiger partial charge in [0.2, 0.25) is 0 Å². The maximum atomic E-state index is 13.9. The van der Waals surface area contributed by atoms with Crippen molar-refractivity contribution in [3.63, 3.8) is 0 Å². The highest BCUT2D eigenvalue weighted by Crippen LogP contribution is 2.35. The predicted molar refractivity (Wildman–Crippen MR) is 113 cm³/mol. The van der Waals surface area contributed by atoms with Crippen LogP contribution in [0.15, 0.2) is 54.6 Å². The summed E-state index contributed by atoms with van der Waals surface area (Å²) in [7, 11) is -3.76. The van der Waals surface area contributed by atoms with E-state index in [2.05, 4.69) is 16.7 Å². The number of aromatic hydroxyl groups is 1. The number of rotatable bonds is 10. The van der Waals surface area contributed by atoms with Crippen molar-refractivity contribution in [2.45, 2.75) is 42.4 Å². The number of hydrogen-bond donors (Lipinski definition) is 3. The Kier molecular flexibility index (Phi) is 7.12. The minimum absolute atomic E-state index is 0.119. The average molecular weight is 468 g/mol. The van der Waals surface area contributed by atoms with E-state index >= 15 is 0 Å². The Hall–Kier alpha value is -2.61. The summed E-state index contributed by atoms with van der Waals surface area (Å²) in [6, 6.07) is 11.8. The van der Waals surface area contributed by atoms with Gasteiger partial charge < -0.3 is 5.11 Å². The second-order valence-corrected chi connectivity index (χ2v) is 10.2. The van der Waals surface area contributed by atoms with Crippen molar-refractivity contribution in [2.75, 3.05) is 12.3 Å². The van der Waals surface area contributed by atoms with E-state index in [4.69, 9.17) is 0 Å². The fourth-order valence-corrected chi connectivity index (χ4v) is 5.06. The number of benzene rings is 2. The molecule has 0 amide bonds. The monoisotopic (exact) mass is 467 g/mol. The van der Waals surface area contributed by atoms with Crippen LogP contribution in [0.1, 0.15) is 30.0 Å². The smallest absolute Gasteiger partial charge is 0.407 e. The van der Waals surface area contributed by atoms with Gasteiger partial charge in [-0.15, -0.1) is 0 Å². The Morgan fingerprint density at radius 3 is 2.25 bits per heavy atom. The molecule has 32 heavy (non-hydrogen) atoms. The Morgan fingerprint density at radius 1 is 1.09 bits per heavy atom. The number of hydrogen-bond acceptors (Lipinski definition) is 6. The van der Waals surface area contributed by atoms with E-state index < -0.39 is 39.4 Å². The summed E-state index contributed by atoms with van der Waals surface area (Å²) in [4.78, 5) is 0. The highest BCUT2D eigenvalue weighted by Gasteiger charge is 2.45. The topological polar surface area (TPSA) is 102 Å². The second kappa shape index (κ2) is 9.48. The van der Waals surface area contributed by atoms with Gasteiger partial charge in [0.25, 0.3) is 0 Å². The van der Waals surface area contributed by atoms with Crippen LogP contribution in [0.5, 0.6) is 5.75 Å². The number of nitrogens with one attached hydrogen (secondary N) is 2. The van der Waals surface area contributed by atoms with Crippen LogP contribution in [-0.4, -0.2) is 43.6 Å². The lowest BCUT2D eigenvalue weighted by Gasteiger charge is -2.29. The number of halogens is 3. The standard InChI is InChI=1S/C22H24F3N3O3S/c23-22(24,25)20(17-6-8-19(29)9-7-17)28-18(12-27-21(15-26)10-11-21)14-32(30,31)13-16-4-2-1-3-5-16/h1-9,18,20,27-29H,10-14H2/t18-,20+/m1/s1. The number of sulfone groups is 1. The molecule has 1 aliphatic carbocycles. The van der Waals surface area contributed by atoms with E-state index in [0.717, 1.165) is 24.3 Å². The van der Waals surface area contributed by atoms with E-state index in [9.17, 15) is 32.0 Å². The van der Waals surface area contributed by atoms with Gasteiger partial charge in [-0.2, -0.15) is 18.4 Å². The van der Waals surface area contributed by atoms with Gasteiger partial charge in [0, 0.05) is 12.6 Å². The summed E-state index contributed by atoms with van der Waals surface area (Å²) >= 11 is 0. The molecular formula is C22H24F3N3O3S. The molecule has 3 rings (SSSR count). The van der Waals surface area contributed by atoms with Crippen LogP contribution in [-0.2, 0) is 15.6 Å². The Labute approximate surface area is 185 Å². The van der Waals surface area contributed by atoms with Gasteiger partial charge in [-0.05, 0) is 36.1 Å². The summed E-state index contributed by atoms with van der Waals surface area (Å²) in [5, 5.41) is 24.0. The van der Waals surface area contributed by atoms with Gasteiger partial charge in [-0.3, -0.25) is 10.6 Å². The zero-order valence-electron chi connectivity index (χ0n) is 17.1. The first-order valence-electron chi connectivity index (χ1n) is 10.0. The minimum atomic E-state index is -4.70. The number of nitrogens with zero attached hydrogens (tertiary/aromatic N) is 1. The lowest BCUT2D eigenvalue weighted by molar-refractivity contribution is -0.159. The van der Waals surface area contributed by atoms with E-state index in [1.807, 2.05) is 0 Å². The van der Waals surface area contributed by atoms with Crippen LogP contribution in [0.2, 0.25) is 0 Å². The first-order chi connectivity index (χ1) is 15.0. The third-order valence-electron chi connectivity index (χ3n) is 5.29. The molecule has 0 heterocycles. The lowest BCUT2D eigenvalue weighted by Crippen LogP contribution is -2.50. The molecule has 10 heteroatoms. The zero-order chi connectivity index (χ0) is 23.4. The molecular weight excluding hydrogens is 443 g/mol. The molecule has 2 aromatic carbocycles. The predicted octanol–water partition coefficient (Wildman–Crippen LogP) is 3.21. The summed E-state index contributed by atoms with van der Waals surface area (Å²) in [5.74, 6) is -1.02. The molecule has 0 unspecified atom stereocenters. The number of phenols is 1. The Morgan fingerprint density at radius 2 is 1.72 bits per heavy atom. The first-order valence-corrected chi connectivity index (χ1v) is 11.9. The molecule has 0 spiro atoms. The van der Waals surface area contributed by atoms with Crippen LogP contribution in [0.4, 0.5) is 13.2 Å². The maximum Gasteiger partial charge on any atom is 0.407 e. The molecule has 0 radical (unpaired) electrons. The molecule has 1 fully saturated rings. The largest absolute Gasteiger partial charge is 0.508 e. The second-order valence-electron chi connectivity index (χ2n) is 8.04. The van der Waals surface area contributed by atoms with Crippen molar-refractivity contribution in [1.29, 1.82) is 5.26 Å². The molecule has 1 aliphatic rings. The highest BCUT2D eigenvalue weighted by atomic mass is 32.2. The number of nitriles is 1. The van der Waals surface area contributed by atoms with Crippen LogP contribution >= 0.6 is 0 Å². The minimum Gasteiger partial charge on any atom is -0.508 e. The third-order valence-corrected chi connectivity index (χ3v) is 6.97. The summed E-state index contributed by atoms with van der Waals surface area (Å²) in [6.45, 7) is -0.119. The quantitative estimate of drug-likeness (QED) is 0.496. The fourth-order valence-electron chi connectivity index (χ4n) is 3.41. The normalized spacial score (nSPS) is 17.3. The third kappa shape index (κ3) is 6.69. The highest BCUT2D eigenvalue weighted by molar-refractivity contribution is 7.90. The summed E-state index contributed by atoms with van der Waals surface area (Å²) in [6.07, 6.45) is -3.58. The first kappa shape index (κ1) is 24.0. The van der Waals surface area contributed by atoms with Crippen molar-refractivity contribution in [1.82, 2.24) is 10.6 Å². The van der Waals surface area contributed by atoms with Crippen LogP contribution < -0.4 is 10.6 Å². The van der Waals surface area contributed by atoms with E-state index in [0.29, 0.717) is 18.4 Å². The van der Waals surface area contributed by atoms with Crippen molar-refractivity contribution in [3.8, 4) is 11.8 Å². The van der Waals surface area contributed by atoms with Crippen molar-refractivity contribution in [3.05, 3.63) is 65.7 Å². The average Bonchev–Trinajstić information content (AvgIpc) is 3.51. The Balaban J connectivity index is 1.81. The number of alkyl halides is 3. The SMILES string of the molecule is N#CC1(NC[C@H](CS(=O)(=O)Cc2ccccc2)N[C@@H](c2ccc(O)cc2)C(F)(F)F)CC1. The van der Waals surface area contributed by atoms with E-state index in [1.54, 1.807) is 30.3 Å². The molecule has 0 aromatic heterocycles. The lowest BCUT2D eigenvalue weighted by atomic mass is 10.0.